The molecule has 0 spiro atoms. The van der Waals surface area contributed by atoms with Gasteiger partial charge in [0.1, 0.15) is 0 Å². The summed E-state index contributed by atoms with van der Waals surface area (Å²) in [6.45, 7) is 2.14. The van der Waals surface area contributed by atoms with Crippen molar-refractivity contribution in [2.24, 2.45) is 0 Å². The van der Waals surface area contributed by atoms with Crippen molar-refractivity contribution in [2.75, 3.05) is 0 Å². The third-order valence-corrected chi connectivity index (χ3v) is 4.50. The number of unbranched alkanes of at least 4 members (excludes halogenated alkanes) is 3. The minimum absolute atomic E-state index is 0.727. The maximum atomic E-state index is 11.1. The zero-order valence-corrected chi connectivity index (χ0v) is 12.9. The summed E-state index contributed by atoms with van der Waals surface area (Å²) in [7, 11) is -4.10. The molecular weight excluding hydrogens is 279 g/mol. The van der Waals surface area contributed by atoms with Crippen molar-refractivity contribution < 1.29 is 14.4 Å². The highest BCUT2D eigenvalue weighted by Crippen LogP contribution is 2.43. The second-order valence-electron chi connectivity index (χ2n) is 4.41. The van der Waals surface area contributed by atoms with Crippen LogP contribution in [0.5, 0.6) is 0 Å². The molecule has 0 atom stereocenters. The normalized spacial score (nSPS) is 12.7. The number of benzene rings is 1. The molecule has 0 aliphatic heterocycles. The molecule has 1 aromatic rings. The fourth-order valence-corrected chi connectivity index (χ4v) is 3.66. The molecule has 0 unspecified atom stereocenters. The Hall–Kier alpha value is -0.540. The molecule has 0 bridgehead atoms. The van der Waals surface area contributed by atoms with Crippen LogP contribution in [0, 0.1) is 0 Å². The molecule has 0 heterocycles. The molecule has 5 heteroatoms. The number of rotatable bonds is 8. The van der Waals surface area contributed by atoms with E-state index in [0.717, 1.165) is 41.3 Å². The molecule has 2 N–H and O–H groups in total. The third kappa shape index (κ3) is 8.27. The Labute approximate surface area is 119 Å². The molecule has 19 heavy (non-hydrogen) atoms. The Bertz CT molecular complexity index is 439. The molecule has 0 saturated carbocycles. The van der Waals surface area contributed by atoms with Gasteiger partial charge in [-0.05, 0) is 29.9 Å². The highest BCUT2D eigenvalue weighted by molar-refractivity contribution is 8.03. The summed E-state index contributed by atoms with van der Waals surface area (Å²) in [6, 6.07) is 9.68. The van der Waals surface area contributed by atoms with Crippen molar-refractivity contribution >= 4 is 19.4 Å². The topological polar surface area (TPSA) is 57.5 Å². The number of thioether (sulfide) groups is 1. The maximum Gasteiger partial charge on any atom is 0.349 e. The van der Waals surface area contributed by atoms with E-state index < -0.39 is 7.60 Å². The smallest absolute Gasteiger partial charge is 0.321 e. The summed E-state index contributed by atoms with van der Waals surface area (Å²) in [5.41, 5.74) is 0. The predicted molar refractivity (Wildman–Crippen MR) is 81.2 cm³/mol. The fraction of sp³-hybridized carbons (Fsp3) is 0.429. The molecule has 3 nitrogen and oxygen atoms in total. The van der Waals surface area contributed by atoms with Crippen LogP contribution in [0.4, 0.5) is 0 Å². The van der Waals surface area contributed by atoms with E-state index in [0.29, 0.717) is 0 Å². The number of hydrogen-bond acceptors (Lipinski definition) is 2. The molecule has 1 aromatic carbocycles. The molecule has 1 rings (SSSR count). The van der Waals surface area contributed by atoms with Crippen LogP contribution >= 0.6 is 19.4 Å². The van der Waals surface area contributed by atoms with Crippen molar-refractivity contribution in [3.63, 3.8) is 0 Å². The Morgan fingerprint density at radius 1 is 1.21 bits per heavy atom. The Morgan fingerprint density at radius 2 is 1.89 bits per heavy atom. The Balaban J connectivity index is 2.65. The van der Waals surface area contributed by atoms with Gasteiger partial charge in [-0.1, -0.05) is 56.1 Å². The van der Waals surface area contributed by atoms with E-state index in [4.69, 9.17) is 9.79 Å². The molecule has 0 saturated heterocycles. The third-order valence-electron chi connectivity index (χ3n) is 2.58. The monoisotopic (exact) mass is 300 g/mol. The summed E-state index contributed by atoms with van der Waals surface area (Å²) in [5, 5.41) is 0. The molecule has 0 aliphatic carbocycles. The molecule has 0 aliphatic rings. The zero-order valence-electron chi connectivity index (χ0n) is 11.2. The minimum Gasteiger partial charge on any atom is -0.321 e. The van der Waals surface area contributed by atoms with Gasteiger partial charge in [0.15, 0.2) is 0 Å². The van der Waals surface area contributed by atoms with Gasteiger partial charge in [0.25, 0.3) is 0 Å². The van der Waals surface area contributed by atoms with Gasteiger partial charge in [-0.2, -0.15) is 0 Å². The van der Waals surface area contributed by atoms with Crippen LogP contribution in [-0.2, 0) is 4.57 Å². The lowest BCUT2D eigenvalue weighted by Crippen LogP contribution is -1.83. The Kier molecular flexibility index (Phi) is 7.47. The van der Waals surface area contributed by atoms with E-state index in [2.05, 4.69) is 6.92 Å². The van der Waals surface area contributed by atoms with Gasteiger partial charge in [-0.15, -0.1) is 0 Å². The SMILES string of the molecule is CCCCCCC(=CP(=O)(O)O)Sc1ccccc1. The first-order valence-corrected chi connectivity index (χ1v) is 9.01. The molecule has 0 aromatic heterocycles. The number of allylic oxidation sites excluding steroid dienone is 1. The average molecular weight is 300 g/mol. The first kappa shape index (κ1) is 16.5. The molecule has 0 radical (unpaired) electrons. The molecule has 106 valence electrons. The van der Waals surface area contributed by atoms with Crippen LogP contribution in [0.25, 0.3) is 0 Å². The van der Waals surface area contributed by atoms with Gasteiger partial charge in [-0.25, -0.2) is 0 Å². The number of hydrogen-bond donors (Lipinski definition) is 2. The van der Waals surface area contributed by atoms with Crippen LogP contribution in [0.1, 0.15) is 39.0 Å². The van der Waals surface area contributed by atoms with Gasteiger partial charge < -0.3 is 9.79 Å². The highest BCUT2D eigenvalue weighted by Gasteiger charge is 2.12. The van der Waals surface area contributed by atoms with E-state index in [-0.39, 0.29) is 0 Å². The molecule has 0 amide bonds. The van der Waals surface area contributed by atoms with Crippen molar-refractivity contribution in [3.05, 3.63) is 41.1 Å². The van der Waals surface area contributed by atoms with Crippen LogP contribution < -0.4 is 0 Å². The fourth-order valence-electron chi connectivity index (χ4n) is 1.70. The lowest BCUT2D eigenvalue weighted by molar-refractivity contribution is 0.386. The van der Waals surface area contributed by atoms with Crippen LogP contribution in [-0.4, -0.2) is 9.79 Å². The summed E-state index contributed by atoms with van der Waals surface area (Å²) in [5.74, 6) is 1.11. The maximum absolute atomic E-state index is 11.1. The molecule has 0 fully saturated rings. The first-order chi connectivity index (χ1) is 9.01. The molecular formula is C14H21O3PS. The van der Waals surface area contributed by atoms with Crippen LogP contribution in [0.15, 0.2) is 45.9 Å². The Morgan fingerprint density at radius 3 is 2.47 bits per heavy atom. The lowest BCUT2D eigenvalue weighted by atomic mass is 10.1. The lowest BCUT2D eigenvalue weighted by Gasteiger charge is -2.08. The van der Waals surface area contributed by atoms with Crippen molar-refractivity contribution in [1.29, 1.82) is 0 Å². The second kappa shape index (κ2) is 8.60. The van der Waals surface area contributed by atoms with Gasteiger partial charge in [0.05, 0.1) is 0 Å². The quantitative estimate of drug-likeness (QED) is 0.412. The summed E-state index contributed by atoms with van der Waals surface area (Å²) >= 11 is 1.44. The van der Waals surface area contributed by atoms with E-state index in [9.17, 15) is 4.57 Å². The van der Waals surface area contributed by atoms with Crippen molar-refractivity contribution in [3.8, 4) is 0 Å². The highest BCUT2D eigenvalue weighted by atomic mass is 32.2. The van der Waals surface area contributed by atoms with Crippen molar-refractivity contribution in [1.82, 2.24) is 0 Å². The van der Waals surface area contributed by atoms with Crippen LogP contribution in [0.2, 0.25) is 0 Å². The van der Waals surface area contributed by atoms with Crippen molar-refractivity contribution in [2.45, 2.75) is 43.9 Å². The largest absolute Gasteiger partial charge is 0.349 e. The standard InChI is InChI=1S/C14H21O3PS/c1-2-3-4-6-11-14(12-18(15,16)17)19-13-9-7-5-8-10-13/h5,7-10,12H,2-4,6,11H2,1H3,(H2,15,16,17). The minimum atomic E-state index is -4.10. The van der Waals surface area contributed by atoms with E-state index in [1.165, 1.54) is 18.2 Å². The summed E-state index contributed by atoms with van der Waals surface area (Å²) < 4.78 is 11.1. The van der Waals surface area contributed by atoms with Gasteiger partial charge in [0, 0.05) is 10.7 Å². The zero-order chi connectivity index (χ0) is 14.1. The van der Waals surface area contributed by atoms with E-state index in [1.54, 1.807) is 0 Å². The first-order valence-electron chi connectivity index (χ1n) is 6.51. The second-order valence-corrected chi connectivity index (χ2v) is 7.05. The van der Waals surface area contributed by atoms with Gasteiger partial charge in [-0.3, -0.25) is 4.57 Å². The average Bonchev–Trinajstić information content (AvgIpc) is 2.34. The predicted octanol–water partition coefficient (Wildman–Crippen LogP) is 4.77. The van der Waals surface area contributed by atoms with Gasteiger partial charge >= 0.3 is 7.60 Å². The summed E-state index contributed by atoms with van der Waals surface area (Å²) in [6.07, 6.45) is 5.12. The van der Waals surface area contributed by atoms with E-state index in [1.807, 2.05) is 30.3 Å². The van der Waals surface area contributed by atoms with Crippen LogP contribution in [0.3, 0.4) is 0 Å². The van der Waals surface area contributed by atoms with E-state index >= 15 is 0 Å². The van der Waals surface area contributed by atoms with Gasteiger partial charge in [0.2, 0.25) is 0 Å². The summed E-state index contributed by atoms with van der Waals surface area (Å²) in [4.78, 5) is 20.0.